The highest BCUT2D eigenvalue weighted by atomic mass is 35.5. The summed E-state index contributed by atoms with van der Waals surface area (Å²) in [4.78, 5) is 13.9. The van der Waals surface area contributed by atoms with E-state index in [9.17, 15) is 4.79 Å². The number of rotatable bonds is 6. The van der Waals surface area contributed by atoms with Crippen molar-refractivity contribution >= 4 is 23.2 Å². The lowest BCUT2D eigenvalue weighted by atomic mass is 10.2. The van der Waals surface area contributed by atoms with Gasteiger partial charge in [0.1, 0.15) is 0 Å². The average Bonchev–Trinajstić information content (AvgIpc) is 2.34. The second-order valence-electron chi connectivity index (χ2n) is 5.10. The molecule has 0 radical (unpaired) electrons. The van der Waals surface area contributed by atoms with E-state index in [4.69, 9.17) is 11.6 Å². The maximum Gasteiger partial charge on any atom is 0.240 e. The highest BCUT2D eigenvalue weighted by Gasteiger charge is 2.14. The molecule has 0 heterocycles. The van der Waals surface area contributed by atoms with Crippen molar-refractivity contribution in [2.45, 2.75) is 27.7 Å². The second kappa shape index (κ2) is 7.51. The summed E-state index contributed by atoms with van der Waals surface area (Å²) in [6, 6.07) is 5.72. The van der Waals surface area contributed by atoms with Crippen molar-refractivity contribution in [3.05, 3.63) is 28.8 Å². The summed E-state index contributed by atoms with van der Waals surface area (Å²) in [5.74, 6) is 0.611. The highest BCUT2D eigenvalue weighted by Crippen LogP contribution is 2.23. The van der Waals surface area contributed by atoms with Crippen LogP contribution in [0.4, 0.5) is 5.69 Å². The van der Waals surface area contributed by atoms with Crippen LogP contribution in [-0.4, -0.2) is 25.5 Å². The smallest absolute Gasteiger partial charge is 0.240 e. The third kappa shape index (κ3) is 4.84. The molecule has 0 saturated heterocycles. The summed E-state index contributed by atoms with van der Waals surface area (Å²) in [6.07, 6.45) is 0. The van der Waals surface area contributed by atoms with Gasteiger partial charge in [0, 0.05) is 17.3 Å². The van der Waals surface area contributed by atoms with Gasteiger partial charge < -0.3 is 10.2 Å². The molecule has 0 saturated carbocycles. The molecule has 1 aromatic rings. The van der Waals surface area contributed by atoms with Gasteiger partial charge in [0.2, 0.25) is 5.91 Å². The number of amides is 1. The molecule has 1 amide bonds. The number of benzene rings is 1. The molecule has 0 bridgehead atoms. The Morgan fingerprint density at radius 1 is 1.42 bits per heavy atom. The summed E-state index contributed by atoms with van der Waals surface area (Å²) in [7, 11) is 0. The minimum Gasteiger partial charge on any atom is -0.312 e. The van der Waals surface area contributed by atoms with E-state index < -0.39 is 0 Å². The number of likely N-dealkylation sites (N-methyl/N-ethyl adjacent to an activating group) is 1. The Kier molecular flexibility index (Phi) is 6.32. The van der Waals surface area contributed by atoms with Gasteiger partial charge in [0.25, 0.3) is 0 Å². The molecule has 0 spiro atoms. The number of carbonyl (C=O) groups is 1. The minimum atomic E-state index is 0.0723. The van der Waals surface area contributed by atoms with Gasteiger partial charge in [0.15, 0.2) is 0 Å². The molecule has 0 fully saturated rings. The predicted molar refractivity (Wildman–Crippen MR) is 81.9 cm³/mol. The van der Waals surface area contributed by atoms with Gasteiger partial charge in [0.05, 0.1) is 6.54 Å². The van der Waals surface area contributed by atoms with Crippen molar-refractivity contribution in [3.63, 3.8) is 0 Å². The topological polar surface area (TPSA) is 32.3 Å². The number of nitrogens with zero attached hydrogens (tertiary/aromatic N) is 1. The quantitative estimate of drug-likeness (QED) is 0.869. The molecule has 0 aliphatic carbocycles. The zero-order valence-corrected chi connectivity index (χ0v) is 12.9. The molecular formula is C15H23ClN2O. The van der Waals surface area contributed by atoms with Crippen LogP contribution in [-0.2, 0) is 4.79 Å². The number of halogens is 1. The summed E-state index contributed by atoms with van der Waals surface area (Å²) < 4.78 is 0. The molecule has 106 valence electrons. The van der Waals surface area contributed by atoms with Crippen molar-refractivity contribution in [1.82, 2.24) is 5.32 Å². The molecule has 1 aromatic carbocycles. The van der Waals surface area contributed by atoms with Crippen LogP contribution >= 0.6 is 11.6 Å². The molecule has 0 aromatic heterocycles. The van der Waals surface area contributed by atoms with Gasteiger partial charge in [-0.1, -0.05) is 31.5 Å². The monoisotopic (exact) mass is 282 g/mol. The van der Waals surface area contributed by atoms with Crippen molar-refractivity contribution in [2.75, 3.05) is 24.5 Å². The minimum absolute atomic E-state index is 0.0723. The van der Waals surface area contributed by atoms with E-state index in [1.54, 1.807) is 4.90 Å². The van der Waals surface area contributed by atoms with E-state index in [0.29, 0.717) is 24.0 Å². The zero-order chi connectivity index (χ0) is 14.4. The number of nitrogens with one attached hydrogen (secondary N) is 1. The number of hydrogen-bond donors (Lipinski definition) is 1. The maximum absolute atomic E-state index is 12.2. The van der Waals surface area contributed by atoms with Crippen LogP contribution in [0.3, 0.4) is 0 Å². The third-order valence-corrected chi connectivity index (χ3v) is 3.32. The van der Waals surface area contributed by atoms with E-state index in [1.807, 2.05) is 32.0 Å². The number of hydrogen-bond acceptors (Lipinski definition) is 2. The summed E-state index contributed by atoms with van der Waals surface area (Å²) >= 11 is 6.11. The Hall–Kier alpha value is -1.06. The van der Waals surface area contributed by atoms with Gasteiger partial charge in [-0.3, -0.25) is 4.79 Å². The molecule has 0 unspecified atom stereocenters. The molecule has 4 heteroatoms. The second-order valence-corrected chi connectivity index (χ2v) is 5.50. The van der Waals surface area contributed by atoms with Crippen molar-refractivity contribution in [2.24, 2.45) is 5.92 Å². The Morgan fingerprint density at radius 2 is 2.11 bits per heavy atom. The van der Waals surface area contributed by atoms with Gasteiger partial charge >= 0.3 is 0 Å². The van der Waals surface area contributed by atoms with Gasteiger partial charge in [-0.25, -0.2) is 0 Å². The van der Waals surface area contributed by atoms with Crippen molar-refractivity contribution in [3.8, 4) is 0 Å². The first-order valence-electron chi connectivity index (χ1n) is 6.73. The maximum atomic E-state index is 12.2. The van der Waals surface area contributed by atoms with Crippen LogP contribution in [0.2, 0.25) is 5.02 Å². The molecule has 1 rings (SSSR count). The number of anilines is 1. The van der Waals surface area contributed by atoms with Crippen LogP contribution in [0.5, 0.6) is 0 Å². The highest BCUT2D eigenvalue weighted by molar-refractivity contribution is 6.31. The first kappa shape index (κ1) is 16.0. The molecule has 0 atom stereocenters. The molecule has 19 heavy (non-hydrogen) atoms. The van der Waals surface area contributed by atoms with E-state index >= 15 is 0 Å². The first-order chi connectivity index (χ1) is 8.95. The van der Waals surface area contributed by atoms with Gasteiger partial charge in [-0.2, -0.15) is 0 Å². The SMILES string of the molecule is CCN(C(=O)CNCC(C)C)c1ccc(C)c(Cl)c1. The van der Waals surface area contributed by atoms with Gasteiger partial charge in [-0.05, 0) is 44.0 Å². The van der Waals surface area contributed by atoms with Crippen LogP contribution < -0.4 is 10.2 Å². The zero-order valence-electron chi connectivity index (χ0n) is 12.2. The summed E-state index contributed by atoms with van der Waals surface area (Å²) in [5.41, 5.74) is 1.88. The summed E-state index contributed by atoms with van der Waals surface area (Å²) in [5, 5.41) is 3.86. The lowest BCUT2D eigenvalue weighted by molar-refractivity contribution is -0.117. The normalized spacial score (nSPS) is 10.8. The third-order valence-electron chi connectivity index (χ3n) is 2.91. The van der Waals surface area contributed by atoms with Crippen molar-refractivity contribution < 1.29 is 4.79 Å². The molecule has 0 aliphatic rings. The summed E-state index contributed by atoms with van der Waals surface area (Å²) in [6.45, 7) is 10.0. The fraction of sp³-hybridized carbons (Fsp3) is 0.533. The average molecular weight is 283 g/mol. The fourth-order valence-corrected chi connectivity index (χ4v) is 1.99. The lowest BCUT2D eigenvalue weighted by Crippen LogP contribution is -2.39. The number of aryl methyl sites for hydroxylation is 1. The Labute approximate surface area is 120 Å². The fourth-order valence-electron chi connectivity index (χ4n) is 1.82. The van der Waals surface area contributed by atoms with E-state index in [2.05, 4.69) is 19.2 Å². The lowest BCUT2D eigenvalue weighted by Gasteiger charge is -2.22. The molecule has 0 aliphatic heterocycles. The van der Waals surface area contributed by atoms with E-state index in [0.717, 1.165) is 17.8 Å². The molecule has 1 N–H and O–H groups in total. The largest absolute Gasteiger partial charge is 0.312 e. The Morgan fingerprint density at radius 3 is 2.63 bits per heavy atom. The van der Waals surface area contributed by atoms with Crippen molar-refractivity contribution in [1.29, 1.82) is 0 Å². The van der Waals surface area contributed by atoms with Crippen LogP contribution in [0.15, 0.2) is 18.2 Å². The van der Waals surface area contributed by atoms with E-state index in [-0.39, 0.29) is 5.91 Å². The molecule has 3 nitrogen and oxygen atoms in total. The molecular weight excluding hydrogens is 260 g/mol. The standard InChI is InChI=1S/C15H23ClN2O/c1-5-18(15(19)10-17-9-11(2)3)13-7-6-12(4)14(16)8-13/h6-8,11,17H,5,9-10H2,1-4H3. The van der Waals surface area contributed by atoms with Crippen LogP contribution in [0, 0.1) is 12.8 Å². The Bertz CT molecular complexity index is 432. The Balaban J connectivity index is 2.70. The van der Waals surface area contributed by atoms with E-state index in [1.165, 1.54) is 0 Å². The first-order valence-corrected chi connectivity index (χ1v) is 7.10. The number of carbonyl (C=O) groups excluding carboxylic acids is 1. The van der Waals surface area contributed by atoms with Gasteiger partial charge in [-0.15, -0.1) is 0 Å². The van der Waals surface area contributed by atoms with Crippen LogP contribution in [0.1, 0.15) is 26.3 Å². The predicted octanol–water partition coefficient (Wildman–Crippen LogP) is 3.25. The van der Waals surface area contributed by atoms with Crippen LogP contribution in [0.25, 0.3) is 0 Å².